The summed E-state index contributed by atoms with van der Waals surface area (Å²) in [4.78, 5) is 14.5. The molecule has 0 radical (unpaired) electrons. The van der Waals surface area contributed by atoms with E-state index in [-0.39, 0.29) is 5.91 Å². The minimum absolute atomic E-state index is 0.259. The Bertz CT molecular complexity index is 642. The molecule has 1 aromatic heterocycles. The maximum Gasteiger partial charge on any atom is 0.222 e. The molecule has 0 spiro atoms. The van der Waals surface area contributed by atoms with E-state index >= 15 is 0 Å². The standard InChI is InChI=1S/C20H27N3O/c1-22(18-9-5-2-3-6-10-18)20(24)14-13-17-15-21-23(16-17)19-11-7-4-8-12-19/h4,7-8,11-12,15-16,18H,2-3,5-6,9-10,13-14H2,1H3. The zero-order chi connectivity index (χ0) is 16.8. The number of rotatable bonds is 5. The Kier molecular flexibility index (Phi) is 5.68. The summed E-state index contributed by atoms with van der Waals surface area (Å²) >= 11 is 0. The van der Waals surface area contributed by atoms with Crippen molar-refractivity contribution in [2.75, 3.05) is 7.05 Å². The van der Waals surface area contributed by atoms with Crippen LogP contribution < -0.4 is 0 Å². The van der Waals surface area contributed by atoms with Crippen molar-refractivity contribution in [3.05, 3.63) is 48.3 Å². The van der Waals surface area contributed by atoms with Crippen molar-refractivity contribution in [1.82, 2.24) is 14.7 Å². The lowest BCUT2D eigenvalue weighted by molar-refractivity contribution is -0.132. The van der Waals surface area contributed by atoms with E-state index in [0.29, 0.717) is 12.5 Å². The summed E-state index contributed by atoms with van der Waals surface area (Å²) in [5, 5.41) is 4.40. The molecule has 3 rings (SSSR count). The van der Waals surface area contributed by atoms with Gasteiger partial charge in [0.1, 0.15) is 0 Å². The highest BCUT2D eigenvalue weighted by Crippen LogP contribution is 2.21. The number of amides is 1. The van der Waals surface area contributed by atoms with Crippen molar-refractivity contribution in [3.63, 3.8) is 0 Å². The van der Waals surface area contributed by atoms with Gasteiger partial charge < -0.3 is 4.90 Å². The molecule has 1 amide bonds. The van der Waals surface area contributed by atoms with Gasteiger partial charge in [0, 0.05) is 25.7 Å². The van der Waals surface area contributed by atoms with Gasteiger partial charge in [-0.1, -0.05) is 43.9 Å². The second-order valence-corrected chi connectivity index (χ2v) is 6.78. The zero-order valence-electron chi connectivity index (χ0n) is 14.5. The number of aryl methyl sites for hydroxylation is 1. The van der Waals surface area contributed by atoms with Crippen LogP contribution >= 0.6 is 0 Å². The van der Waals surface area contributed by atoms with Crippen LogP contribution in [0.1, 0.15) is 50.5 Å². The molecule has 2 aromatic rings. The summed E-state index contributed by atoms with van der Waals surface area (Å²) in [6.07, 6.45) is 12.7. The summed E-state index contributed by atoms with van der Waals surface area (Å²) in [6.45, 7) is 0. The maximum absolute atomic E-state index is 12.5. The molecule has 24 heavy (non-hydrogen) atoms. The molecule has 0 N–H and O–H groups in total. The quantitative estimate of drug-likeness (QED) is 0.780. The maximum atomic E-state index is 12.5. The molecule has 0 atom stereocenters. The van der Waals surface area contributed by atoms with Crippen LogP contribution in [-0.4, -0.2) is 33.7 Å². The molecule has 1 heterocycles. The number of hydrogen-bond acceptors (Lipinski definition) is 2. The molecule has 1 saturated carbocycles. The van der Waals surface area contributed by atoms with Crippen LogP contribution in [0.5, 0.6) is 0 Å². The fourth-order valence-electron chi connectivity index (χ4n) is 3.49. The van der Waals surface area contributed by atoms with Crippen molar-refractivity contribution >= 4 is 5.91 Å². The van der Waals surface area contributed by atoms with E-state index in [2.05, 4.69) is 5.10 Å². The monoisotopic (exact) mass is 325 g/mol. The smallest absolute Gasteiger partial charge is 0.222 e. The molecule has 1 aliphatic carbocycles. The van der Waals surface area contributed by atoms with Gasteiger partial charge in [0.15, 0.2) is 0 Å². The number of aromatic nitrogens is 2. The summed E-state index contributed by atoms with van der Waals surface area (Å²) in [5.74, 6) is 0.259. The summed E-state index contributed by atoms with van der Waals surface area (Å²) in [6, 6.07) is 10.5. The molecule has 0 aliphatic heterocycles. The first-order valence-corrected chi connectivity index (χ1v) is 9.08. The summed E-state index contributed by atoms with van der Waals surface area (Å²) in [7, 11) is 1.98. The van der Waals surface area contributed by atoms with E-state index in [9.17, 15) is 4.79 Å². The van der Waals surface area contributed by atoms with Gasteiger partial charge in [0.25, 0.3) is 0 Å². The van der Waals surface area contributed by atoms with E-state index in [4.69, 9.17) is 0 Å². The van der Waals surface area contributed by atoms with Gasteiger partial charge in [0.2, 0.25) is 5.91 Å². The average Bonchev–Trinajstić information content (AvgIpc) is 2.93. The van der Waals surface area contributed by atoms with Gasteiger partial charge in [-0.15, -0.1) is 0 Å². The van der Waals surface area contributed by atoms with Crippen LogP contribution in [0.2, 0.25) is 0 Å². The van der Waals surface area contributed by atoms with Crippen molar-refractivity contribution < 1.29 is 4.79 Å². The highest BCUT2D eigenvalue weighted by atomic mass is 16.2. The Morgan fingerprint density at radius 3 is 2.58 bits per heavy atom. The van der Waals surface area contributed by atoms with E-state index < -0.39 is 0 Å². The van der Waals surface area contributed by atoms with E-state index in [1.54, 1.807) is 0 Å². The Morgan fingerprint density at radius 1 is 1.17 bits per heavy atom. The predicted octanol–water partition coefficient (Wildman–Crippen LogP) is 3.99. The SMILES string of the molecule is CN(C(=O)CCc1cnn(-c2ccccc2)c1)C1CCCCCC1. The number of nitrogens with zero attached hydrogens (tertiary/aromatic N) is 3. The molecule has 4 heteroatoms. The van der Waals surface area contributed by atoms with Crippen LogP contribution in [0, 0.1) is 0 Å². The third-order valence-electron chi connectivity index (χ3n) is 5.05. The Morgan fingerprint density at radius 2 is 1.88 bits per heavy atom. The van der Waals surface area contributed by atoms with E-state index in [1.165, 1.54) is 25.7 Å². The third-order valence-corrected chi connectivity index (χ3v) is 5.05. The first-order chi connectivity index (χ1) is 11.7. The van der Waals surface area contributed by atoms with Crippen molar-refractivity contribution in [3.8, 4) is 5.69 Å². The second-order valence-electron chi connectivity index (χ2n) is 6.78. The first-order valence-electron chi connectivity index (χ1n) is 9.08. The predicted molar refractivity (Wildman–Crippen MR) is 96.1 cm³/mol. The molecular formula is C20H27N3O. The molecule has 4 nitrogen and oxygen atoms in total. The Balaban J connectivity index is 1.53. The van der Waals surface area contributed by atoms with Crippen molar-refractivity contribution in [2.45, 2.75) is 57.4 Å². The summed E-state index contributed by atoms with van der Waals surface area (Å²) < 4.78 is 1.87. The van der Waals surface area contributed by atoms with Crippen LogP contribution in [0.4, 0.5) is 0 Å². The van der Waals surface area contributed by atoms with Crippen LogP contribution in [-0.2, 0) is 11.2 Å². The van der Waals surface area contributed by atoms with Crippen LogP contribution in [0.15, 0.2) is 42.7 Å². The third kappa shape index (κ3) is 4.25. The number of carbonyl (C=O) groups excluding carboxylic acids is 1. The molecule has 128 valence electrons. The lowest BCUT2D eigenvalue weighted by atomic mass is 10.1. The van der Waals surface area contributed by atoms with Crippen molar-refractivity contribution in [1.29, 1.82) is 0 Å². The number of benzene rings is 1. The largest absolute Gasteiger partial charge is 0.343 e. The minimum Gasteiger partial charge on any atom is -0.343 e. The molecule has 0 saturated heterocycles. The highest BCUT2D eigenvalue weighted by molar-refractivity contribution is 5.76. The van der Waals surface area contributed by atoms with Gasteiger partial charge in [0.05, 0.1) is 11.9 Å². The molecule has 0 bridgehead atoms. The first kappa shape index (κ1) is 16.7. The van der Waals surface area contributed by atoms with Crippen LogP contribution in [0.25, 0.3) is 5.69 Å². The van der Waals surface area contributed by atoms with Gasteiger partial charge in [-0.05, 0) is 37.0 Å². The fourth-order valence-corrected chi connectivity index (χ4v) is 3.49. The van der Waals surface area contributed by atoms with E-state index in [0.717, 1.165) is 30.5 Å². The van der Waals surface area contributed by atoms with Crippen LogP contribution in [0.3, 0.4) is 0 Å². The van der Waals surface area contributed by atoms with Gasteiger partial charge >= 0.3 is 0 Å². The van der Waals surface area contributed by atoms with E-state index in [1.807, 2.05) is 59.4 Å². The zero-order valence-corrected chi connectivity index (χ0v) is 14.5. The van der Waals surface area contributed by atoms with Gasteiger partial charge in [-0.2, -0.15) is 5.10 Å². The Labute approximate surface area is 144 Å². The molecule has 1 aromatic carbocycles. The fraction of sp³-hybridized carbons (Fsp3) is 0.500. The molecule has 1 fully saturated rings. The molecule has 0 unspecified atom stereocenters. The number of carbonyl (C=O) groups is 1. The average molecular weight is 325 g/mol. The van der Waals surface area contributed by atoms with Gasteiger partial charge in [-0.25, -0.2) is 4.68 Å². The topological polar surface area (TPSA) is 38.1 Å². The van der Waals surface area contributed by atoms with Gasteiger partial charge in [-0.3, -0.25) is 4.79 Å². The second kappa shape index (κ2) is 8.13. The molecule has 1 aliphatic rings. The lowest BCUT2D eigenvalue weighted by Gasteiger charge is -2.27. The molecular weight excluding hydrogens is 298 g/mol. The number of para-hydroxylation sites is 1. The lowest BCUT2D eigenvalue weighted by Crippen LogP contribution is -2.36. The normalized spacial score (nSPS) is 15.9. The Hall–Kier alpha value is -2.10. The minimum atomic E-state index is 0.259. The van der Waals surface area contributed by atoms with Crippen molar-refractivity contribution in [2.24, 2.45) is 0 Å². The number of hydrogen-bond donors (Lipinski definition) is 0. The summed E-state index contributed by atoms with van der Waals surface area (Å²) in [5.41, 5.74) is 2.16. The highest BCUT2D eigenvalue weighted by Gasteiger charge is 2.20.